The van der Waals surface area contributed by atoms with Gasteiger partial charge in [0.05, 0.1) is 22.5 Å². The quantitative estimate of drug-likeness (QED) is 0.162. The van der Waals surface area contributed by atoms with Crippen LogP contribution in [0.15, 0.2) is 147 Å². The number of benzene rings is 2. The summed E-state index contributed by atoms with van der Waals surface area (Å²) < 4.78 is 14.0. The van der Waals surface area contributed by atoms with Crippen molar-refractivity contribution < 1.29 is 18.3 Å². The van der Waals surface area contributed by atoms with Crippen molar-refractivity contribution in [2.45, 2.75) is 114 Å². The molecule has 8 saturated carbocycles. The van der Waals surface area contributed by atoms with Crippen molar-refractivity contribution >= 4 is 0 Å². The number of hydrogen-bond acceptors (Lipinski definition) is 4. The highest BCUT2D eigenvalue weighted by atomic mass is 15.5. The van der Waals surface area contributed by atoms with Gasteiger partial charge in [0.25, 0.3) is 0 Å². The average molecular weight is 923 g/mol. The van der Waals surface area contributed by atoms with Gasteiger partial charge in [-0.25, -0.2) is 27.6 Å². The van der Waals surface area contributed by atoms with Gasteiger partial charge in [-0.2, -0.15) is 0 Å². The molecule has 0 unspecified atom stereocenters. The molecule has 0 atom stereocenters. The molecule has 16 aliphatic heterocycles. The van der Waals surface area contributed by atoms with Gasteiger partial charge < -0.3 is 0 Å². The first-order valence-corrected chi connectivity index (χ1v) is 26.5. The standard InChI is InChI=1S/C60H62N10/c1-2-42-4-3-41(1)37-65-17-9-51(10-18-65)55-57(69(63-61-55)59-31-45-25-46(32-59)27-47(26-45)33-59)53-13-21-67(22-14-53)39-43-5-7-44(8-6-43)40-68-23-15-54(16-24-68)58-56(52-11-19-66(38-42)20-12-52)62-64-70(58)60-34-48-28-49(35-60)30-50(29-48)36-60/h1-24,45-50H,25-40H2/q+4. The van der Waals surface area contributed by atoms with Crippen molar-refractivity contribution in [2.75, 3.05) is 0 Å². The van der Waals surface area contributed by atoms with Gasteiger partial charge in [-0.15, -0.1) is 10.2 Å². The van der Waals surface area contributed by atoms with Crippen LogP contribution in [0, 0.1) is 35.5 Å². The smallest absolute Gasteiger partial charge is 0.173 e. The van der Waals surface area contributed by atoms with Crippen LogP contribution < -0.4 is 18.3 Å². The minimum absolute atomic E-state index is 0.0555. The minimum Gasteiger partial charge on any atom is -0.238 e. The maximum Gasteiger partial charge on any atom is 0.173 e. The molecule has 22 heterocycles. The Hall–Kier alpha value is -6.68. The van der Waals surface area contributed by atoms with Gasteiger partial charge in [-0.3, -0.25) is 0 Å². The lowest BCUT2D eigenvalue weighted by Crippen LogP contribution is -2.52. The Kier molecular flexibility index (Phi) is 9.36. The maximum atomic E-state index is 5.11. The molecule has 348 valence electrons. The first-order valence-electron chi connectivity index (χ1n) is 26.5. The monoisotopic (exact) mass is 923 g/mol. The van der Waals surface area contributed by atoms with Crippen LogP contribution in [0.1, 0.15) is 99.3 Å². The number of nitrogens with zero attached hydrogens (tertiary/aromatic N) is 10. The maximum absolute atomic E-state index is 5.11. The molecule has 32 rings (SSSR count). The van der Waals surface area contributed by atoms with E-state index >= 15 is 0 Å². The molecule has 0 saturated heterocycles. The van der Waals surface area contributed by atoms with Gasteiger partial charge in [-0.1, -0.05) is 59.0 Å². The van der Waals surface area contributed by atoms with Crippen molar-refractivity contribution in [1.29, 1.82) is 0 Å². The van der Waals surface area contributed by atoms with Crippen molar-refractivity contribution in [2.24, 2.45) is 35.5 Å². The number of pyridine rings is 4. The van der Waals surface area contributed by atoms with E-state index in [9.17, 15) is 0 Å². The van der Waals surface area contributed by atoms with Gasteiger partial charge in [0.2, 0.25) is 0 Å². The lowest BCUT2D eigenvalue weighted by atomic mass is 9.53. The van der Waals surface area contributed by atoms with Crippen molar-refractivity contribution in [3.8, 4) is 45.0 Å². The molecule has 2 aromatic carbocycles. The highest BCUT2D eigenvalue weighted by Crippen LogP contribution is 2.61. The molecule has 6 aromatic heterocycles. The minimum atomic E-state index is 0.0555. The second-order valence-electron chi connectivity index (χ2n) is 23.4. The van der Waals surface area contributed by atoms with E-state index in [1.807, 2.05) is 0 Å². The van der Waals surface area contributed by atoms with E-state index in [0.29, 0.717) is 0 Å². The first-order chi connectivity index (χ1) is 34.4. The SMILES string of the molecule is c1cc2ccc1C[n+]1ccc(cc1)-c1nnn(C34CC5CC(CC(C5)C3)C4)c1-c1cc[n+](cc1)Cc1ccc(cc1)C[n+]1ccc(cc1)-c1c(nnn1C13CC4CC(CC(C4)C1)C3)-c1cc[n+](cc1)C2. The van der Waals surface area contributed by atoms with Crippen LogP contribution >= 0.6 is 0 Å². The average Bonchev–Trinajstić information content (AvgIpc) is 4.03. The topological polar surface area (TPSA) is 76.9 Å². The molecule has 0 N–H and O–H groups in total. The zero-order valence-electron chi connectivity index (χ0n) is 40.1. The summed E-state index contributed by atoms with van der Waals surface area (Å²) in [5.74, 6) is 4.88. The lowest BCUT2D eigenvalue weighted by molar-refractivity contribution is -0.688. The summed E-state index contributed by atoms with van der Waals surface area (Å²) in [6.07, 6.45) is 33.6. The number of hydrogen-bond donors (Lipinski definition) is 0. The summed E-state index contributed by atoms with van der Waals surface area (Å²) in [6.45, 7) is 3.20. The zero-order chi connectivity index (χ0) is 46.0. The van der Waals surface area contributed by atoms with E-state index in [1.165, 1.54) is 122 Å². The van der Waals surface area contributed by atoms with E-state index in [-0.39, 0.29) is 11.1 Å². The van der Waals surface area contributed by atoms with E-state index in [1.54, 1.807) is 0 Å². The van der Waals surface area contributed by atoms with Crippen LogP contribution in [-0.4, -0.2) is 30.0 Å². The third-order valence-corrected chi connectivity index (χ3v) is 18.4. The molecule has 20 bridgehead atoms. The van der Waals surface area contributed by atoms with E-state index in [4.69, 9.17) is 20.6 Å². The Balaban J connectivity index is 0.784. The highest BCUT2D eigenvalue weighted by Gasteiger charge is 2.55. The normalized spacial score (nSPS) is 28.1. The fourth-order valence-corrected chi connectivity index (χ4v) is 16.0. The van der Waals surface area contributed by atoms with Gasteiger partial charge in [-0.05, 0) is 113 Å². The van der Waals surface area contributed by atoms with Crippen LogP contribution in [0.3, 0.4) is 0 Å². The number of aromatic nitrogens is 10. The van der Waals surface area contributed by atoms with E-state index < -0.39 is 0 Å². The second-order valence-corrected chi connectivity index (χ2v) is 23.4. The first kappa shape index (κ1) is 41.1. The van der Waals surface area contributed by atoms with Gasteiger partial charge in [0.1, 0.15) is 11.4 Å². The van der Waals surface area contributed by atoms with Crippen molar-refractivity contribution in [3.63, 3.8) is 0 Å². The molecule has 24 aliphatic rings. The molecule has 10 heteroatoms. The summed E-state index contributed by atoms with van der Waals surface area (Å²) in [6, 6.07) is 36.4. The summed E-state index contributed by atoms with van der Waals surface area (Å²) >= 11 is 0. The third-order valence-electron chi connectivity index (χ3n) is 18.4. The summed E-state index contributed by atoms with van der Waals surface area (Å²) in [7, 11) is 0. The zero-order valence-corrected chi connectivity index (χ0v) is 40.1. The van der Waals surface area contributed by atoms with Crippen molar-refractivity contribution in [1.82, 2.24) is 30.0 Å². The Morgan fingerprint density at radius 1 is 0.329 bits per heavy atom. The Morgan fingerprint density at radius 2 is 0.571 bits per heavy atom. The van der Waals surface area contributed by atoms with Crippen LogP contribution in [0.25, 0.3) is 45.0 Å². The molecule has 8 aliphatic carbocycles. The molecule has 10 nitrogen and oxygen atoms in total. The van der Waals surface area contributed by atoms with Crippen LogP contribution in [0.4, 0.5) is 0 Å². The molecule has 8 aromatic rings. The van der Waals surface area contributed by atoms with Gasteiger partial charge >= 0.3 is 0 Å². The Labute approximate surface area is 410 Å². The fraction of sp³-hybridized carbons (Fsp3) is 0.400. The summed E-state index contributed by atoms with van der Waals surface area (Å²) in [4.78, 5) is 0. The van der Waals surface area contributed by atoms with Gasteiger partial charge in [0, 0.05) is 93.0 Å². The largest absolute Gasteiger partial charge is 0.238 e. The van der Waals surface area contributed by atoms with Crippen LogP contribution in [0.2, 0.25) is 0 Å². The van der Waals surface area contributed by atoms with E-state index in [2.05, 4.69) is 174 Å². The predicted molar refractivity (Wildman–Crippen MR) is 264 cm³/mol. The molecule has 0 amide bonds. The molecule has 70 heavy (non-hydrogen) atoms. The lowest BCUT2D eigenvalue weighted by Gasteiger charge is -2.56. The molecule has 0 radical (unpaired) electrons. The highest BCUT2D eigenvalue weighted by molar-refractivity contribution is 5.78. The Morgan fingerprint density at radius 3 is 0.829 bits per heavy atom. The predicted octanol–water partition coefficient (Wildman–Crippen LogP) is 9.04. The molecular formula is C60H62N10+4. The summed E-state index contributed by atoms with van der Waals surface area (Å²) in [5.41, 5.74) is 14.1. The Bertz CT molecular complexity index is 2950. The molecule has 0 spiro atoms. The van der Waals surface area contributed by atoms with E-state index in [0.717, 1.165) is 84.2 Å². The number of rotatable bonds is 2. The third kappa shape index (κ3) is 7.10. The van der Waals surface area contributed by atoms with Crippen LogP contribution in [-0.2, 0) is 37.3 Å². The second kappa shape index (κ2) is 15.9. The van der Waals surface area contributed by atoms with Crippen LogP contribution in [0.5, 0.6) is 0 Å². The summed E-state index contributed by atoms with van der Waals surface area (Å²) in [5, 5.41) is 20.3. The van der Waals surface area contributed by atoms with Crippen molar-refractivity contribution in [3.05, 3.63) is 169 Å². The molecular weight excluding hydrogens is 861 g/mol. The van der Waals surface area contributed by atoms with Gasteiger partial charge in [0.15, 0.2) is 75.8 Å². The fourth-order valence-electron chi connectivity index (χ4n) is 16.0. The molecule has 8 fully saturated rings.